The molecule has 0 atom stereocenters. The summed E-state index contributed by atoms with van der Waals surface area (Å²) >= 11 is 7.43. The van der Waals surface area contributed by atoms with Crippen LogP contribution in [0.15, 0.2) is 46.6 Å². The average molecular weight is 238 g/mol. The van der Waals surface area contributed by atoms with Crippen molar-refractivity contribution in [3.8, 4) is 0 Å². The van der Waals surface area contributed by atoms with Gasteiger partial charge in [-0.3, -0.25) is 0 Å². The van der Waals surface area contributed by atoms with E-state index in [0.717, 1.165) is 4.90 Å². The fourth-order valence-electron chi connectivity index (χ4n) is 1.05. The van der Waals surface area contributed by atoms with E-state index in [1.54, 1.807) is 12.4 Å². The van der Waals surface area contributed by atoms with E-state index in [2.05, 4.69) is 9.97 Å². The van der Waals surface area contributed by atoms with E-state index in [-0.39, 0.29) is 0 Å². The van der Waals surface area contributed by atoms with Crippen LogP contribution in [0.5, 0.6) is 0 Å². The molecule has 0 unspecified atom stereocenters. The molecule has 3 nitrogen and oxygen atoms in total. The molecule has 0 fully saturated rings. The summed E-state index contributed by atoms with van der Waals surface area (Å²) in [7, 11) is 0. The molecule has 2 aromatic rings. The van der Waals surface area contributed by atoms with Crippen molar-refractivity contribution in [1.82, 2.24) is 9.97 Å². The van der Waals surface area contributed by atoms with Crippen molar-refractivity contribution in [1.29, 1.82) is 0 Å². The van der Waals surface area contributed by atoms with Crippen LogP contribution >= 0.6 is 23.4 Å². The zero-order valence-electron chi connectivity index (χ0n) is 7.72. The minimum absolute atomic E-state index is 0.419. The lowest BCUT2D eigenvalue weighted by molar-refractivity contribution is 1.07. The Bertz CT molecular complexity index is 432. The molecule has 1 aromatic carbocycles. The molecule has 0 amide bonds. The first-order chi connectivity index (χ1) is 7.27. The van der Waals surface area contributed by atoms with Gasteiger partial charge in [0, 0.05) is 17.3 Å². The lowest BCUT2D eigenvalue weighted by atomic mass is 10.4. The normalized spacial score (nSPS) is 10.2. The van der Waals surface area contributed by atoms with E-state index in [1.165, 1.54) is 11.8 Å². The first kappa shape index (κ1) is 10.3. The van der Waals surface area contributed by atoms with Gasteiger partial charge >= 0.3 is 0 Å². The molecule has 0 saturated carbocycles. The molecule has 2 N–H and O–H groups in total. The number of nitrogen functional groups attached to an aromatic ring is 1. The molecule has 1 heterocycles. The molecule has 15 heavy (non-hydrogen) atoms. The van der Waals surface area contributed by atoms with Crippen molar-refractivity contribution in [2.45, 2.75) is 9.92 Å². The number of rotatable bonds is 2. The van der Waals surface area contributed by atoms with E-state index in [4.69, 9.17) is 17.3 Å². The zero-order valence-corrected chi connectivity index (χ0v) is 9.29. The maximum atomic E-state index is 6.02. The van der Waals surface area contributed by atoms with Crippen molar-refractivity contribution >= 4 is 29.2 Å². The SMILES string of the molecule is Nc1nccnc1Sc1ccccc1Cl. The Morgan fingerprint density at radius 3 is 2.60 bits per heavy atom. The van der Waals surface area contributed by atoms with Crippen LogP contribution in [0, 0.1) is 0 Å². The van der Waals surface area contributed by atoms with Gasteiger partial charge in [0.05, 0.1) is 5.02 Å². The van der Waals surface area contributed by atoms with Gasteiger partial charge in [0.15, 0.2) is 5.82 Å². The molecule has 0 bridgehead atoms. The summed E-state index contributed by atoms with van der Waals surface area (Å²) in [6, 6.07) is 7.55. The summed E-state index contributed by atoms with van der Waals surface area (Å²) in [6.07, 6.45) is 3.17. The molecular weight excluding hydrogens is 230 g/mol. The largest absolute Gasteiger partial charge is 0.381 e. The number of halogens is 1. The highest BCUT2D eigenvalue weighted by Gasteiger charge is 2.06. The predicted molar refractivity (Wildman–Crippen MR) is 62.0 cm³/mol. The molecular formula is C10H8ClN3S. The molecule has 0 radical (unpaired) electrons. The van der Waals surface area contributed by atoms with Gasteiger partial charge in [-0.05, 0) is 12.1 Å². The molecule has 0 aliphatic heterocycles. The Labute approximate surface area is 96.7 Å². The van der Waals surface area contributed by atoms with Gasteiger partial charge in [0.25, 0.3) is 0 Å². The summed E-state index contributed by atoms with van der Waals surface area (Å²) in [5.74, 6) is 0.419. The second kappa shape index (κ2) is 4.51. The van der Waals surface area contributed by atoms with Crippen molar-refractivity contribution < 1.29 is 0 Å². The summed E-state index contributed by atoms with van der Waals surface area (Å²) < 4.78 is 0. The monoisotopic (exact) mass is 237 g/mol. The number of hydrogen-bond donors (Lipinski definition) is 1. The molecule has 76 valence electrons. The standard InChI is InChI=1S/C10H8ClN3S/c11-7-3-1-2-4-8(7)15-10-9(12)13-5-6-14-10/h1-6H,(H2,12,13). The first-order valence-electron chi connectivity index (χ1n) is 4.26. The van der Waals surface area contributed by atoms with Crippen LogP contribution in [0.1, 0.15) is 0 Å². The quantitative estimate of drug-likeness (QED) is 0.873. The third-order valence-electron chi connectivity index (χ3n) is 1.73. The molecule has 2 rings (SSSR count). The summed E-state index contributed by atoms with van der Waals surface area (Å²) in [5, 5.41) is 1.36. The number of nitrogens with zero attached hydrogens (tertiary/aromatic N) is 2. The Kier molecular flexibility index (Phi) is 3.08. The third-order valence-corrected chi connectivity index (χ3v) is 3.26. The van der Waals surface area contributed by atoms with E-state index in [0.29, 0.717) is 15.9 Å². The smallest absolute Gasteiger partial charge is 0.156 e. The summed E-state index contributed by atoms with van der Waals surface area (Å²) in [6.45, 7) is 0. The van der Waals surface area contributed by atoms with E-state index in [9.17, 15) is 0 Å². The first-order valence-corrected chi connectivity index (χ1v) is 5.45. The Hall–Kier alpha value is -1.26. The summed E-state index contributed by atoms with van der Waals surface area (Å²) in [5.41, 5.74) is 5.68. The Morgan fingerprint density at radius 2 is 1.87 bits per heavy atom. The number of benzene rings is 1. The van der Waals surface area contributed by atoms with E-state index >= 15 is 0 Å². The van der Waals surface area contributed by atoms with Crippen molar-refractivity contribution in [3.63, 3.8) is 0 Å². The van der Waals surface area contributed by atoms with Gasteiger partial charge in [-0.15, -0.1) is 0 Å². The summed E-state index contributed by atoms with van der Waals surface area (Å²) in [4.78, 5) is 9.01. The second-order valence-corrected chi connectivity index (χ2v) is 4.22. The molecule has 0 saturated heterocycles. The fourth-order valence-corrected chi connectivity index (χ4v) is 2.09. The van der Waals surface area contributed by atoms with Crippen LogP contribution in [-0.2, 0) is 0 Å². The minimum Gasteiger partial charge on any atom is -0.381 e. The van der Waals surface area contributed by atoms with Crippen LogP contribution in [0.3, 0.4) is 0 Å². The van der Waals surface area contributed by atoms with Gasteiger partial charge in [0.1, 0.15) is 5.03 Å². The lowest BCUT2D eigenvalue weighted by Crippen LogP contribution is -1.94. The van der Waals surface area contributed by atoms with Gasteiger partial charge in [-0.2, -0.15) is 0 Å². The Morgan fingerprint density at radius 1 is 1.13 bits per heavy atom. The fraction of sp³-hybridized carbons (Fsp3) is 0. The number of hydrogen-bond acceptors (Lipinski definition) is 4. The van der Waals surface area contributed by atoms with Crippen molar-refractivity contribution in [2.75, 3.05) is 5.73 Å². The van der Waals surface area contributed by atoms with Crippen molar-refractivity contribution in [3.05, 3.63) is 41.7 Å². The van der Waals surface area contributed by atoms with Gasteiger partial charge in [0.2, 0.25) is 0 Å². The van der Waals surface area contributed by atoms with Gasteiger partial charge < -0.3 is 5.73 Å². The molecule has 0 spiro atoms. The Balaban J connectivity index is 2.30. The van der Waals surface area contributed by atoms with Crippen LogP contribution < -0.4 is 5.73 Å². The highest BCUT2D eigenvalue weighted by atomic mass is 35.5. The molecule has 0 aliphatic carbocycles. The van der Waals surface area contributed by atoms with Crippen LogP contribution in [0.2, 0.25) is 5.02 Å². The number of aromatic nitrogens is 2. The highest BCUT2D eigenvalue weighted by Crippen LogP contribution is 2.33. The number of nitrogens with two attached hydrogens (primary N) is 1. The minimum atomic E-state index is 0.419. The topological polar surface area (TPSA) is 51.8 Å². The van der Waals surface area contributed by atoms with Crippen LogP contribution in [-0.4, -0.2) is 9.97 Å². The predicted octanol–water partition coefficient (Wildman–Crippen LogP) is 2.86. The third kappa shape index (κ3) is 2.40. The van der Waals surface area contributed by atoms with E-state index < -0.39 is 0 Å². The molecule has 0 aliphatic rings. The van der Waals surface area contributed by atoms with E-state index in [1.807, 2.05) is 24.3 Å². The maximum Gasteiger partial charge on any atom is 0.156 e. The lowest BCUT2D eigenvalue weighted by Gasteiger charge is -2.04. The maximum absolute atomic E-state index is 6.02. The highest BCUT2D eigenvalue weighted by molar-refractivity contribution is 7.99. The van der Waals surface area contributed by atoms with Crippen molar-refractivity contribution in [2.24, 2.45) is 0 Å². The van der Waals surface area contributed by atoms with Gasteiger partial charge in [-0.25, -0.2) is 9.97 Å². The second-order valence-electron chi connectivity index (χ2n) is 2.78. The average Bonchev–Trinajstić information content (AvgIpc) is 2.24. The van der Waals surface area contributed by atoms with Crippen LogP contribution in [0.4, 0.5) is 5.82 Å². The number of anilines is 1. The van der Waals surface area contributed by atoms with Gasteiger partial charge in [-0.1, -0.05) is 35.5 Å². The zero-order chi connectivity index (χ0) is 10.7. The molecule has 5 heteroatoms. The molecule has 1 aromatic heterocycles. The van der Waals surface area contributed by atoms with Crippen LogP contribution in [0.25, 0.3) is 0 Å².